The molecule has 48 heavy (non-hydrogen) atoms. The number of nitrogens with two attached hydrogens (primary N) is 1. The molecule has 4 aliphatic heterocycles. The molecular weight excluding hydrogens is 608 g/mol. The second kappa shape index (κ2) is 16.8. The van der Waals surface area contributed by atoms with E-state index in [-0.39, 0.29) is 67.5 Å². The monoisotopic (exact) mass is 670 g/mol. The van der Waals surface area contributed by atoms with Crippen LogP contribution in [0.4, 0.5) is 0 Å². The van der Waals surface area contributed by atoms with E-state index >= 15 is 0 Å². The molecule has 0 aromatic heterocycles. The van der Waals surface area contributed by atoms with Crippen molar-refractivity contribution >= 4 is 12.2 Å². The summed E-state index contributed by atoms with van der Waals surface area (Å²) in [5, 5.41) is 53.2. The third-order valence-electron chi connectivity index (χ3n) is 11.7. The number of carbonyl (C=O) groups is 1. The van der Waals surface area contributed by atoms with Crippen LogP contribution in [0.15, 0.2) is 29.3 Å². The van der Waals surface area contributed by atoms with Gasteiger partial charge in [0.2, 0.25) is 0 Å². The zero-order valence-corrected chi connectivity index (χ0v) is 29.2. The maximum Gasteiger partial charge on any atom is 0.306 e. The van der Waals surface area contributed by atoms with Crippen molar-refractivity contribution in [3.8, 4) is 0 Å². The van der Waals surface area contributed by atoms with Crippen molar-refractivity contribution in [2.75, 3.05) is 26.4 Å². The molecule has 9 N–H and O–H groups in total. The minimum atomic E-state index is -1.41. The van der Waals surface area contributed by atoms with Gasteiger partial charge in [0.1, 0.15) is 0 Å². The highest BCUT2D eigenvalue weighted by molar-refractivity contribution is 5.68. The van der Waals surface area contributed by atoms with Gasteiger partial charge in [-0.2, -0.15) is 0 Å². The largest absolute Gasteiger partial charge is 0.481 e. The number of benzene rings is 1. The fraction of sp³-hybridized carbons (Fsp3) is 0.784. The molecule has 1 aromatic carbocycles. The Morgan fingerprint density at radius 2 is 1.88 bits per heavy atom. The number of carboxylic acids is 1. The number of rotatable bonds is 7. The van der Waals surface area contributed by atoms with Gasteiger partial charge in [-0.3, -0.25) is 20.0 Å². The maximum atomic E-state index is 11.8. The molecule has 4 aliphatic rings. The van der Waals surface area contributed by atoms with Gasteiger partial charge >= 0.3 is 5.97 Å². The van der Waals surface area contributed by atoms with Crippen LogP contribution < -0.4 is 21.7 Å². The van der Waals surface area contributed by atoms with Gasteiger partial charge in [-0.05, 0) is 101 Å². The number of hydrogen-bond donors (Lipinski definition) is 8. The molecule has 2 saturated heterocycles. The van der Waals surface area contributed by atoms with Crippen molar-refractivity contribution in [2.24, 2.45) is 22.6 Å². The number of β-amino-alcohol motifs (C(OH)–C–C–N with tert-alkyl or cyclic N) is 1. The van der Waals surface area contributed by atoms with E-state index in [0.717, 1.165) is 64.3 Å². The van der Waals surface area contributed by atoms with E-state index in [1.165, 1.54) is 11.1 Å². The highest BCUT2D eigenvalue weighted by Crippen LogP contribution is 2.32. The second-order valence-corrected chi connectivity index (χ2v) is 16.0. The first-order valence-electron chi connectivity index (χ1n) is 18.5. The summed E-state index contributed by atoms with van der Waals surface area (Å²) in [5.41, 5.74) is 7.36. The Morgan fingerprint density at radius 3 is 2.60 bits per heavy atom. The molecule has 1 aromatic rings. The number of aliphatic carboxylic acids is 1. The van der Waals surface area contributed by atoms with Gasteiger partial charge in [0.25, 0.3) is 0 Å². The predicted molar refractivity (Wildman–Crippen MR) is 189 cm³/mol. The van der Waals surface area contributed by atoms with Crippen molar-refractivity contribution in [1.29, 1.82) is 0 Å². The van der Waals surface area contributed by atoms with E-state index < -0.39 is 11.6 Å². The average molecular weight is 671 g/mol. The molecule has 4 bridgehead atoms. The summed E-state index contributed by atoms with van der Waals surface area (Å²) in [6, 6.07) is 9.70. The summed E-state index contributed by atoms with van der Waals surface area (Å²) in [5.74, 6) is -0.566. The maximum absolute atomic E-state index is 11.8. The molecule has 11 heteroatoms. The van der Waals surface area contributed by atoms with Crippen LogP contribution in [-0.2, 0) is 17.6 Å². The van der Waals surface area contributed by atoms with E-state index in [0.29, 0.717) is 31.8 Å². The molecule has 11 nitrogen and oxygen atoms in total. The molecule has 5 rings (SSSR count). The highest BCUT2D eigenvalue weighted by Gasteiger charge is 2.40. The van der Waals surface area contributed by atoms with Crippen LogP contribution in [0.25, 0.3) is 0 Å². The molecule has 0 amide bonds. The van der Waals surface area contributed by atoms with Gasteiger partial charge < -0.3 is 36.8 Å². The van der Waals surface area contributed by atoms with E-state index in [1.54, 1.807) is 0 Å². The quantitative estimate of drug-likeness (QED) is 0.215. The number of piperidine rings is 2. The van der Waals surface area contributed by atoms with Crippen LogP contribution in [0.2, 0.25) is 0 Å². The minimum Gasteiger partial charge on any atom is -0.481 e. The van der Waals surface area contributed by atoms with Gasteiger partial charge in [-0.15, -0.1) is 0 Å². The lowest BCUT2D eigenvalue weighted by Crippen LogP contribution is -2.63. The van der Waals surface area contributed by atoms with Crippen molar-refractivity contribution in [3.05, 3.63) is 35.4 Å². The first kappa shape index (κ1) is 37.3. The van der Waals surface area contributed by atoms with Crippen LogP contribution in [0.5, 0.6) is 0 Å². The zero-order chi connectivity index (χ0) is 34.3. The number of aliphatic hydroxyl groups is 3. The Hall–Kier alpha value is -1.96. The standard InChI is InChI=1S/C37H62N6O5/c1-25-33(45)18-32(43-14-13-39-24-43)31(41-25)10-9-26-5-3-6-27(22-44)11-12-37(48,21-35(46)47)23-40-36(2)19-30(42-34(38)20-36)17-29-8-4-7-28(15-26)16-29/h4,7-8,13,16,25-27,30-34,40-42,44-45,48H,3,5-6,9-12,14-15,17-24,38H2,1-2H3,(H,46,47)/t25-,26+,27+,30+,31+,32+,33+,34-,36-,37+/m0/s1. The first-order valence-corrected chi connectivity index (χ1v) is 18.5. The molecular formula is C37H62N6O5. The molecule has 10 atom stereocenters. The summed E-state index contributed by atoms with van der Waals surface area (Å²) in [6.45, 7) is 5.92. The van der Waals surface area contributed by atoms with Gasteiger partial charge in [0.05, 0.1) is 31.0 Å². The number of nitrogens with one attached hydrogen (secondary N) is 3. The summed E-state index contributed by atoms with van der Waals surface area (Å²) in [6.07, 6.45) is 10.9. The number of aliphatic imine (C=N–C) groups is 1. The number of hydrogen-bond acceptors (Lipinski definition) is 10. The van der Waals surface area contributed by atoms with Crippen LogP contribution in [-0.4, -0.2) is 111 Å². The lowest BCUT2D eigenvalue weighted by Gasteiger charge is -2.44. The Kier molecular flexibility index (Phi) is 13.1. The average Bonchev–Trinajstić information content (AvgIpc) is 3.56. The Morgan fingerprint density at radius 1 is 1.10 bits per heavy atom. The second-order valence-electron chi connectivity index (χ2n) is 16.0. The third kappa shape index (κ3) is 10.5. The Labute approximate surface area is 287 Å². The SMILES string of the molecule is C[C@@H]1N[C@H](CC[C@H]2CCC[C@@H](CO)CC[C@@](O)(CC(=O)O)CN[C@@]3(C)C[C@@H](Cc4cccc(c4)C2)N[C@H](N)C3)[C@H](N2CC=NC2)C[C@H]1O. The normalized spacial score (nSPS) is 39.0. The Balaban J connectivity index is 1.35. The van der Waals surface area contributed by atoms with E-state index in [1.807, 2.05) is 6.21 Å². The topological polar surface area (TPSA) is 176 Å². The smallest absolute Gasteiger partial charge is 0.306 e. The predicted octanol–water partition coefficient (Wildman–Crippen LogP) is 2.16. The van der Waals surface area contributed by atoms with E-state index in [2.05, 4.69) is 64.0 Å². The van der Waals surface area contributed by atoms with Gasteiger partial charge in [0.15, 0.2) is 0 Å². The van der Waals surface area contributed by atoms with Gasteiger partial charge in [0, 0.05) is 55.6 Å². The van der Waals surface area contributed by atoms with E-state index in [9.17, 15) is 25.2 Å². The van der Waals surface area contributed by atoms with Crippen molar-refractivity contribution < 1.29 is 25.2 Å². The van der Waals surface area contributed by atoms with Crippen LogP contribution >= 0.6 is 0 Å². The third-order valence-corrected chi connectivity index (χ3v) is 11.7. The van der Waals surface area contributed by atoms with E-state index in [4.69, 9.17) is 5.73 Å². The lowest BCUT2D eigenvalue weighted by atomic mass is 9.80. The van der Waals surface area contributed by atoms with Crippen LogP contribution in [0.3, 0.4) is 0 Å². The minimum absolute atomic E-state index is 0.00217. The van der Waals surface area contributed by atoms with Crippen LogP contribution in [0.1, 0.15) is 95.6 Å². The van der Waals surface area contributed by atoms with Crippen molar-refractivity contribution in [3.63, 3.8) is 0 Å². The fourth-order valence-electron chi connectivity index (χ4n) is 8.95. The van der Waals surface area contributed by atoms with Crippen molar-refractivity contribution in [1.82, 2.24) is 20.9 Å². The summed E-state index contributed by atoms with van der Waals surface area (Å²) in [4.78, 5) is 18.7. The summed E-state index contributed by atoms with van der Waals surface area (Å²) < 4.78 is 0. The molecule has 0 unspecified atom stereocenters. The van der Waals surface area contributed by atoms with Gasteiger partial charge in [-0.25, -0.2) is 0 Å². The molecule has 4 heterocycles. The number of nitrogens with zero attached hydrogens (tertiary/aromatic N) is 2. The molecule has 0 radical (unpaired) electrons. The molecule has 2 fully saturated rings. The van der Waals surface area contributed by atoms with Gasteiger partial charge in [-0.1, -0.05) is 37.1 Å². The first-order chi connectivity index (χ1) is 22.9. The number of fused-ring (bicyclic) bond motifs is 4. The highest BCUT2D eigenvalue weighted by atomic mass is 16.4. The fourth-order valence-corrected chi connectivity index (χ4v) is 8.95. The molecule has 0 spiro atoms. The molecule has 0 aliphatic carbocycles. The lowest BCUT2D eigenvalue weighted by molar-refractivity contribution is -0.143. The Bertz CT molecular complexity index is 1210. The summed E-state index contributed by atoms with van der Waals surface area (Å²) in [7, 11) is 0. The molecule has 0 saturated carbocycles. The summed E-state index contributed by atoms with van der Waals surface area (Å²) >= 11 is 0. The number of aliphatic hydroxyl groups excluding tert-OH is 2. The number of carboxylic acid groups (broad SMARTS) is 1. The molecule has 270 valence electrons. The zero-order valence-electron chi connectivity index (χ0n) is 29.2. The van der Waals surface area contributed by atoms with Crippen LogP contribution in [0, 0.1) is 11.8 Å². The van der Waals surface area contributed by atoms with Crippen molar-refractivity contribution in [2.45, 2.75) is 145 Å².